The third-order valence-corrected chi connectivity index (χ3v) is 3.87. The molecule has 1 aromatic carbocycles. The van der Waals surface area contributed by atoms with Gasteiger partial charge in [0, 0.05) is 5.92 Å². The first-order valence-electron chi connectivity index (χ1n) is 6.20. The quantitative estimate of drug-likeness (QED) is 0.769. The first-order valence-corrected chi connectivity index (χ1v) is 6.20. The number of aryl methyl sites for hydroxylation is 1. The van der Waals surface area contributed by atoms with Gasteiger partial charge in [-0.05, 0) is 43.4 Å². The van der Waals surface area contributed by atoms with Crippen molar-refractivity contribution >= 4 is 11.0 Å². The van der Waals surface area contributed by atoms with Crippen LogP contribution in [0.25, 0.3) is 11.0 Å². The van der Waals surface area contributed by atoms with Gasteiger partial charge >= 0.3 is 0 Å². The summed E-state index contributed by atoms with van der Waals surface area (Å²) in [4.78, 5) is 8.23. The van der Waals surface area contributed by atoms with Crippen molar-refractivity contribution in [2.45, 2.75) is 39.0 Å². The number of aromatic amines is 1. The smallest absolute Gasteiger partial charge is 0.110 e. The topological polar surface area (TPSA) is 28.7 Å². The summed E-state index contributed by atoms with van der Waals surface area (Å²) in [6, 6.07) is 6.43. The molecule has 0 spiro atoms. The van der Waals surface area contributed by atoms with Gasteiger partial charge in [0.25, 0.3) is 0 Å². The van der Waals surface area contributed by atoms with E-state index >= 15 is 0 Å². The first kappa shape index (κ1) is 9.88. The Labute approximate surface area is 96.1 Å². The van der Waals surface area contributed by atoms with Gasteiger partial charge in [-0.2, -0.15) is 0 Å². The molecule has 1 heterocycles. The number of nitrogens with zero attached hydrogens (tertiary/aromatic N) is 1. The van der Waals surface area contributed by atoms with Gasteiger partial charge in [-0.1, -0.05) is 19.4 Å². The van der Waals surface area contributed by atoms with Crippen LogP contribution in [-0.4, -0.2) is 9.97 Å². The molecule has 2 atom stereocenters. The largest absolute Gasteiger partial charge is 0.342 e. The van der Waals surface area contributed by atoms with Crippen LogP contribution in [0.1, 0.15) is 43.5 Å². The van der Waals surface area contributed by atoms with E-state index in [0.29, 0.717) is 5.92 Å². The lowest BCUT2D eigenvalue weighted by Gasteiger charge is -2.11. The van der Waals surface area contributed by atoms with Gasteiger partial charge in [-0.25, -0.2) is 4.98 Å². The van der Waals surface area contributed by atoms with E-state index in [0.717, 1.165) is 11.4 Å². The maximum atomic E-state index is 4.73. The number of rotatable bonds is 1. The fraction of sp³-hybridized carbons (Fsp3) is 0.500. The highest BCUT2D eigenvalue weighted by molar-refractivity contribution is 5.75. The van der Waals surface area contributed by atoms with Gasteiger partial charge < -0.3 is 4.98 Å². The maximum absolute atomic E-state index is 4.73. The second-order valence-corrected chi connectivity index (χ2v) is 5.16. The summed E-state index contributed by atoms with van der Waals surface area (Å²) in [5, 5.41) is 0. The minimum Gasteiger partial charge on any atom is -0.342 e. The number of H-pyrrole nitrogens is 1. The molecule has 2 unspecified atom stereocenters. The summed E-state index contributed by atoms with van der Waals surface area (Å²) in [5.41, 5.74) is 3.59. The Hall–Kier alpha value is -1.31. The summed E-state index contributed by atoms with van der Waals surface area (Å²) >= 11 is 0. The Bertz CT molecular complexity index is 512. The molecule has 0 bridgehead atoms. The highest BCUT2D eigenvalue weighted by Crippen LogP contribution is 2.38. The molecule has 2 heteroatoms. The predicted octanol–water partition coefficient (Wildman–Crippen LogP) is 3.77. The monoisotopic (exact) mass is 214 g/mol. The SMILES string of the molecule is Cc1ccc2nc(C3CCCC3C)[nH]c2c1. The zero-order valence-corrected chi connectivity index (χ0v) is 9.96. The van der Waals surface area contributed by atoms with Crippen LogP contribution in [0.15, 0.2) is 18.2 Å². The van der Waals surface area contributed by atoms with Gasteiger partial charge in [-0.15, -0.1) is 0 Å². The number of benzene rings is 1. The molecule has 0 amide bonds. The van der Waals surface area contributed by atoms with E-state index in [1.807, 2.05) is 0 Å². The van der Waals surface area contributed by atoms with Gasteiger partial charge in [0.05, 0.1) is 11.0 Å². The molecule has 0 saturated heterocycles. The Balaban J connectivity index is 2.04. The van der Waals surface area contributed by atoms with Crippen LogP contribution in [0, 0.1) is 12.8 Å². The van der Waals surface area contributed by atoms with Crippen molar-refractivity contribution in [3.8, 4) is 0 Å². The molecular formula is C14H18N2. The molecule has 1 aromatic heterocycles. The number of hydrogen-bond acceptors (Lipinski definition) is 1. The lowest BCUT2D eigenvalue weighted by atomic mass is 9.98. The van der Waals surface area contributed by atoms with Gasteiger partial charge in [0.15, 0.2) is 0 Å². The second-order valence-electron chi connectivity index (χ2n) is 5.16. The van der Waals surface area contributed by atoms with Crippen molar-refractivity contribution in [3.63, 3.8) is 0 Å². The zero-order valence-electron chi connectivity index (χ0n) is 9.96. The normalized spacial score (nSPS) is 25.4. The molecule has 2 nitrogen and oxygen atoms in total. The molecule has 16 heavy (non-hydrogen) atoms. The molecular weight excluding hydrogens is 196 g/mol. The Morgan fingerprint density at radius 1 is 1.31 bits per heavy atom. The molecule has 2 aromatic rings. The molecule has 1 aliphatic carbocycles. The summed E-state index contributed by atoms with van der Waals surface area (Å²) < 4.78 is 0. The minimum absolute atomic E-state index is 0.646. The molecule has 0 aliphatic heterocycles. The summed E-state index contributed by atoms with van der Waals surface area (Å²) in [6.07, 6.45) is 3.99. The third kappa shape index (κ3) is 1.53. The predicted molar refractivity (Wildman–Crippen MR) is 66.6 cm³/mol. The number of nitrogens with one attached hydrogen (secondary N) is 1. The summed E-state index contributed by atoms with van der Waals surface area (Å²) in [6.45, 7) is 4.47. The minimum atomic E-state index is 0.646. The van der Waals surface area contributed by atoms with Crippen molar-refractivity contribution in [3.05, 3.63) is 29.6 Å². The van der Waals surface area contributed by atoms with Crippen molar-refractivity contribution in [2.75, 3.05) is 0 Å². The lowest BCUT2D eigenvalue weighted by Crippen LogP contribution is -2.03. The van der Waals surface area contributed by atoms with E-state index in [1.54, 1.807) is 0 Å². The Morgan fingerprint density at radius 3 is 2.94 bits per heavy atom. The molecule has 3 rings (SSSR count). The molecule has 84 valence electrons. The van der Waals surface area contributed by atoms with Crippen LogP contribution in [0.3, 0.4) is 0 Å². The molecule has 1 N–H and O–H groups in total. The number of fused-ring (bicyclic) bond motifs is 1. The average Bonchev–Trinajstić information content (AvgIpc) is 2.82. The fourth-order valence-electron chi connectivity index (χ4n) is 2.87. The molecule has 1 saturated carbocycles. The van der Waals surface area contributed by atoms with Crippen molar-refractivity contribution in [2.24, 2.45) is 5.92 Å². The molecule has 1 aliphatic rings. The second kappa shape index (κ2) is 3.62. The highest BCUT2D eigenvalue weighted by Gasteiger charge is 2.27. The van der Waals surface area contributed by atoms with Crippen LogP contribution < -0.4 is 0 Å². The Morgan fingerprint density at radius 2 is 2.19 bits per heavy atom. The van der Waals surface area contributed by atoms with Crippen LogP contribution in [0.2, 0.25) is 0 Å². The van der Waals surface area contributed by atoms with E-state index in [1.165, 1.54) is 36.2 Å². The first-order chi connectivity index (χ1) is 7.74. The Kier molecular flexibility index (Phi) is 2.23. The van der Waals surface area contributed by atoms with Crippen LogP contribution >= 0.6 is 0 Å². The summed E-state index contributed by atoms with van der Waals surface area (Å²) in [5.74, 6) is 2.62. The average molecular weight is 214 g/mol. The lowest BCUT2D eigenvalue weighted by molar-refractivity contribution is 0.514. The van der Waals surface area contributed by atoms with Gasteiger partial charge in [-0.3, -0.25) is 0 Å². The maximum Gasteiger partial charge on any atom is 0.110 e. The number of aromatic nitrogens is 2. The van der Waals surface area contributed by atoms with Gasteiger partial charge in [0.1, 0.15) is 5.82 Å². The standard InChI is InChI=1S/C14H18N2/c1-9-6-7-12-13(8-9)16-14(15-12)11-5-3-4-10(11)2/h6-8,10-11H,3-5H2,1-2H3,(H,15,16). The van der Waals surface area contributed by atoms with E-state index < -0.39 is 0 Å². The number of hydrogen-bond donors (Lipinski definition) is 1. The van der Waals surface area contributed by atoms with E-state index in [-0.39, 0.29) is 0 Å². The van der Waals surface area contributed by atoms with Crippen molar-refractivity contribution in [1.82, 2.24) is 9.97 Å². The van der Waals surface area contributed by atoms with Crippen molar-refractivity contribution in [1.29, 1.82) is 0 Å². The third-order valence-electron chi connectivity index (χ3n) is 3.87. The molecule has 1 fully saturated rings. The summed E-state index contributed by atoms with van der Waals surface area (Å²) in [7, 11) is 0. The van der Waals surface area contributed by atoms with Crippen molar-refractivity contribution < 1.29 is 0 Å². The molecule has 0 radical (unpaired) electrons. The van der Waals surface area contributed by atoms with Crippen LogP contribution in [-0.2, 0) is 0 Å². The zero-order chi connectivity index (χ0) is 11.1. The van der Waals surface area contributed by atoms with Crippen LogP contribution in [0.4, 0.5) is 0 Å². The van der Waals surface area contributed by atoms with E-state index in [2.05, 4.69) is 37.0 Å². The highest BCUT2D eigenvalue weighted by atomic mass is 14.9. The van der Waals surface area contributed by atoms with Crippen LogP contribution in [0.5, 0.6) is 0 Å². The van der Waals surface area contributed by atoms with E-state index in [9.17, 15) is 0 Å². The van der Waals surface area contributed by atoms with E-state index in [4.69, 9.17) is 4.98 Å². The number of imidazole rings is 1. The van der Waals surface area contributed by atoms with Gasteiger partial charge in [0.2, 0.25) is 0 Å². The fourth-order valence-corrected chi connectivity index (χ4v) is 2.87.